The highest BCUT2D eigenvalue weighted by Gasteiger charge is 2.09. The Hall–Kier alpha value is -2.40. The van der Waals surface area contributed by atoms with E-state index in [0.29, 0.717) is 23.0 Å². The normalized spacial score (nSPS) is 11.4. The molecule has 0 saturated heterocycles. The fraction of sp³-hybridized carbons (Fsp3) is 0.300. The Bertz CT molecular complexity index is 704. The molecule has 0 saturated carbocycles. The maximum Gasteiger partial charge on any atom is 0.257 e. The maximum absolute atomic E-state index is 12.3. The van der Waals surface area contributed by atoms with Gasteiger partial charge in [0.15, 0.2) is 5.11 Å². The summed E-state index contributed by atoms with van der Waals surface area (Å²) in [6, 6.07) is 17.2. The van der Waals surface area contributed by atoms with Crippen molar-refractivity contribution in [1.82, 2.24) is 10.6 Å². The van der Waals surface area contributed by atoms with Crippen LogP contribution >= 0.6 is 12.2 Å². The molecular weight excluding hydrogens is 332 g/mol. The number of hydrogen-bond donors (Lipinski definition) is 2. The number of thiocarbonyl (C=S) groups is 1. The second kappa shape index (κ2) is 9.79. The van der Waals surface area contributed by atoms with E-state index in [9.17, 15) is 4.79 Å². The molecule has 0 aliphatic rings. The third-order valence-corrected chi connectivity index (χ3v) is 4.02. The van der Waals surface area contributed by atoms with Gasteiger partial charge < -0.3 is 10.1 Å². The first kappa shape index (κ1) is 18.9. The van der Waals surface area contributed by atoms with Crippen molar-refractivity contribution in [3.63, 3.8) is 0 Å². The SMILES string of the molecule is CCC(C)Oc1cccc(C(=O)NC(=S)NCCc2ccccc2)c1. The van der Waals surface area contributed by atoms with E-state index >= 15 is 0 Å². The molecule has 0 aliphatic carbocycles. The Morgan fingerprint density at radius 2 is 1.92 bits per heavy atom. The zero-order chi connectivity index (χ0) is 18.1. The summed E-state index contributed by atoms with van der Waals surface area (Å²) in [5.74, 6) is 0.441. The van der Waals surface area contributed by atoms with Gasteiger partial charge in [0.05, 0.1) is 6.10 Å². The fourth-order valence-electron chi connectivity index (χ4n) is 2.21. The van der Waals surface area contributed by atoms with Crippen LogP contribution in [0.3, 0.4) is 0 Å². The first-order valence-corrected chi connectivity index (χ1v) is 8.89. The Labute approximate surface area is 154 Å². The van der Waals surface area contributed by atoms with Crippen LogP contribution in [0.1, 0.15) is 36.2 Å². The molecule has 1 unspecified atom stereocenters. The van der Waals surface area contributed by atoms with Crippen LogP contribution in [0.4, 0.5) is 0 Å². The number of hydrogen-bond acceptors (Lipinski definition) is 3. The third-order valence-electron chi connectivity index (χ3n) is 3.78. The van der Waals surface area contributed by atoms with E-state index in [1.54, 1.807) is 18.2 Å². The van der Waals surface area contributed by atoms with Crippen LogP contribution < -0.4 is 15.4 Å². The molecule has 0 heterocycles. The van der Waals surface area contributed by atoms with Gasteiger partial charge in [0.1, 0.15) is 5.75 Å². The standard InChI is InChI=1S/C20H24N2O2S/c1-3-15(2)24-18-11-7-10-17(14-18)19(23)22-20(25)21-13-12-16-8-5-4-6-9-16/h4-11,14-15H,3,12-13H2,1-2H3,(H2,21,22,23,25). The average molecular weight is 356 g/mol. The largest absolute Gasteiger partial charge is 0.491 e. The molecule has 0 radical (unpaired) electrons. The zero-order valence-electron chi connectivity index (χ0n) is 14.6. The van der Waals surface area contributed by atoms with Crippen molar-refractivity contribution < 1.29 is 9.53 Å². The summed E-state index contributed by atoms with van der Waals surface area (Å²) in [4.78, 5) is 12.3. The highest BCUT2D eigenvalue weighted by Crippen LogP contribution is 2.15. The molecule has 2 aromatic rings. The van der Waals surface area contributed by atoms with E-state index in [-0.39, 0.29) is 12.0 Å². The monoisotopic (exact) mass is 356 g/mol. The molecule has 0 spiro atoms. The molecular formula is C20H24N2O2S. The molecule has 2 aromatic carbocycles. The lowest BCUT2D eigenvalue weighted by molar-refractivity contribution is 0.0976. The van der Waals surface area contributed by atoms with E-state index < -0.39 is 0 Å². The minimum Gasteiger partial charge on any atom is -0.491 e. The molecule has 25 heavy (non-hydrogen) atoms. The molecule has 0 aromatic heterocycles. The lowest BCUT2D eigenvalue weighted by atomic mass is 10.1. The number of nitrogens with one attached hydrogen (secondary N) is 2. The number of amides is 1. The van der Waals surface area contributed by atoms with Crippen molar-refractivity contribution in [3.05, 3.63) is 65.7 Å². The van der Waals surface area contributed by atoms with Crippen molar-refractivity contribution in [2.75, 3.05) is 6.54 Å². The number of ether oxygens (including phenoxy) is 1. The van der Waals surface area contributed by atoms with Crippen LogP contribution in [0.15, 0.2) is 54.6 Å². The van der Waals surface area contributed by atoms with Crippen molar-refractivity contribution >= 4 is 23.2 Å². The molecule has 0 fully saturated rings. The first-order valence-electron chi connectivity index (χ1n) is 8.48. The second-order valence-corrected chi connectivity index (χ2v) is 6.22. The topological polar surface area (TPSA) is 50.4 Å². The van der Waals surface area contributed by atoms with Gasteiger partial charge in [0, 0.05) is 12.1 Å². The molecule has 0 bridgehead atoms. The Morgan fingerprint density at radius 1 is 1.16 bits per heavy atom. The summed E-state index contributed by atoms with van der Waals surface area (Å²) in [6.45, 7) is 4.72. The summed E-state index contributed by atoms with van der Waals surface area (Å²) < 4.78 is 5.74. The van der Waals surface area contributed by atoms with E-state index in [0.717, 1.165) is 12.8 Å². The lowest BCUT2D eigenvalue weighted by Crippen LogP contribution is -2.40. The van der Waals surface area contributed by atoms with E-state index in [4.69, 9.17) is 17.0 Å². The minimum absolute atomic E-state index is 0.110. The van der Waals surface area contributed by atoms with Gasteiger partial charge in [0.2, 0.25) is 0 Å². The molecule has 5 heteroatoms. The number of carbonyl (C=O) groups is 1. The Balaban J connectivity index is 1.82. The molecule has 132 valence electrons. The van der Waals surface area contributed by atoms with Gasteiger partial charge in [-0.05, 0) is 55.7 Å². The quantitative estimate of drug-likeness (QED) is 0.743. The zero-order valence-corrected chi connectivity index (χ0v) is 15.4. The fourth-order valence-corrected chi connectivity index (χ4v) is 2.41. The lowest BCUT2D eigenvalue weighted by Gasteiger charge is -2.14. The van der Waals surface area contributed by atoms with Crippen molar-refractivity contribution in [2.45, 2.75) is 32.8 Å². The van der Waals surface area contributed by atoms with Crippen molar-refractivity contribution in [3.8, 4) is 5.75 Å². The van der Waals surface area contributed by atoms with Crippen LogP contribution in [0.2, 0.25) is 0 Å². The Morgan fingerprint density at radius 3 is 2.64 bits per heavy atom. The summed E-state index contributed by atoms with van der Waals surface area (Å²) in [5.41, 5.74) is 1.74. The predicted octanol–water partition coefficient (Wildman–Crippen LogP) is 3.71. The second-order valence-electron chi connectivity index (χ2n) is 5.81. The molecule has 1 amide bonds. The predicted molar refractivity (Wildman–Crippen MR) is 105 cm³/mol. The molecule has 4 nitrogen and oxygen atoms in total. The minimum atomic E-state index is -0.244. The number of carbonyl (C=O) groups excluding carboxylic acids is 1. The molecule has 2 rings (SSSR count). The summed E-state index contributed by atoms with van der Waals surface area (Å²) >= 11 is 5.19. The molecule has 2 N–H and O–H groups in total. The highest BCUT2D eigenvalue weighted by atomic mass is 32.1. The van der Waals surface area contributed by atoms with E-state index in [1.807, 2.05) is 31.2 Å². The van der Waals surface area contributed by atoms with Gasteiger partial charge in [-0.3, -0.25) is 10.1 Å². The van der Waals surface area contributed by atoms with Gasteiger partial charge in [-0.25, -0.2) is 0 Å². The van der Waals surface area contributed by atoms with Gasteiger partial charge in [-0.15, -0.1) is 0 Å². The smallest absolute Gasteiger partial charge is 0.257 e. The highest BCUT2D eigenvalue weighted by molar-refractivity contribution is 7.80. The van der Waals surface area contributed by atoms with Gasteiger partial charge in [-0.1, -0.05) is 43.3 Å². The number of benzene rings is 2. The Kier molecular flexibility index (Phi) is 7.41. The van der Waals surface area contributed by atoms with Crippen molar-refractivity contribution in [2.24, 2.45) is 0 Å². The van der Waals surface area contributed by atoms with Crippen LogP contribution in [-0.2, 0) is 6.42 Å². The van der Waals surface area contributed by atoms with E-state index in [1.165, 1.54) is 5.56 Å². The van der Waals surface area contributed by atoms with Crippen LogP contribution in [0, 0.1) is 0 Å². The van der Waals surface area contributed by atoms with Crippen molar-refractivity contribution in [1.29, 1.82) is 0 Å². The van der Waals surface area contributed by atoms with Crippen LogP contribution in [0.25, 0.3) is 0 Å². The summed E-state index contributed by atoms with van der Waals surface area (Å²) in [5, 5.41) is 6.09. The number of rotatable bonds is 7. The summed E-state index contributed by atoms with van der Waals surface area (Å²) in [6.07, 6.45) is 1.86. The molecule has 1 atom stereocenters. The first-order chi connectivity index (χ1) is 12.1. The van der Waals surface area contributed by atoms with Gasteiger partial charge in [0.25, 0.3) is 5.91 Å². The van der Waals surface area contributed by atoms with Crippen LogP contribution in [0.5, 0.6) is 5.75 Å². The third kappa shape index (κ3) is 6.55. The average Bonchev–Trinajstić information content (AvgIpc) is 2.62. The van der Waals surface area contributed by atoms with E-state index in [2.05, 4.69) is 29.7 Å². The summed E-state index contributed by atoms with van der Waals surface area (Å²) in [7, 11) is 0. The van der Waals surface area contributed by atoms with Gasteiger partial charge >= 0.3 is 0 Å². The molecule has 0 aliphatic heterocycles. The maximum atomic E-state index is 12.3. The van der Waals surface area contributed by atoms with Gasteiger partial charge in [-0.2, -0.15) is 0 Å². The van der Waals surface area contributed by atoms with Crippen LogP contribution in [-0.4, -0.2) is 23.7 Å².